The molecule has 21 heavy (non-hydrogen) atoms. The summed E-state index contributed by atoms with van der Waals surface area (Å²) in [5, 5.41) is 5.95. The van der Waals surface area contributed by atoms with Crippen molar-refractivity contribution in [3.8, 4) is 0 Å². The molecule has 0 radical (unpaired) electrons. The molecule has 0 aliphatic rings. The van der Waals surface area contributed by atoms with Crippen LogP contribution in [0.4, 0.5) is 11.5 Å². The first-order chi connectivity index (χ1) is 10.3. The van der Waals surface area contributed by atoms with E-state index >= 15 is 0 Å². The average molecular weight is 298 g/mol. The molecule has 0 bridgehead atoms. The Hall–Kier alpha value is -2.47. The van der Waals surface area contributed by atoms with E-state index in [2.05, 4.69) is 20.6 Å². The minimum Gasteiger partial charge on any atom is -0.370 e. The van der Waals surface area contributed by atoms with Gasteiger partial charge in [-0.25, -0.2) is 9.97 Å². The number of hydrogen-bond acceptors (Lipinski definition) is 5. The Labute approximate surface area is 126 Å². The van der Waals surface area contributed by atoms with Crippen molar-refractivity contribution in [2.75, 3.05) is 17.2 Å². The summed E-state index contributed by atoms with van der Waals surface area (Å²) in [6.07, 6.45) is 0. The average Bonchev–Trinajstić information content (AvgIpc) is 2.95. The van der Waals surface area contributed by atoms with Gasteiger partial charge in [0.25, 0.3) is 5.91 Å². The van der Waals surface area contributed by atoms with E-state index in [1.807, 2.05) is 37.3 Å². The van der Waals surface area contributed by atoms with Gasteiger partial charge in [-0.2, -0.15) is 0 Å². The number of fused-ring (bicyclic) bond motifs is 1. The van der Waals surface area contributed by atoms with Gasteiger partial charge in [-0.3, -0.25) is 4.79 Å². The van der Waals surface area contributed by atoms with Crippen molar-refractivity contribution in [3.05, 3.63) is 47.6 Å². The summed E-state index contributed by atoms with van der Waals surface area (Å²) in [7, 11) is 0. The fraction of sp³-hybridized carbons (Fsp3) is 0.133. The van der Waals surface area contributed by atoms with Crippen molar-refractivity contribution in [1.29, 1.82) is 0 Å². The van der Waals surface area contributed by atoms with E-state index in [1.165, 1.54) is 0 Å². The lowest BCUT2D eigenvalue weighted by molar-refractivity contribution is 0.102. The molecule has 2 N–H and O–H groups in total. The molecule has 0 saturated heterocycles. The van der Waals surface area contributed by atoms with Gasteiger partial charge in [-0.05, 0) is 37.3 Å². The first-order valence-electron chi connectivity index (χ1n) is 6.62. The maximum absolute atomic E-state index is 12.2. The second kappa shape index (κ2) is 5.88. The molecule has 0 saturated carbocycles. The lowest BCUT2D eigenvalue weighted by atomic mass is 10.2. The Morgan fingerprint density at radius 3 is 3.05 bits per heavy atom. The van der Waals surface area contributed by atoms with Gasteiger partial charge in [-0.1, -0.05) is 6.07 Å². The van der Waals surface area contributed by atoms with Crippen LogP contribution in [0, 0.1) is 0 Å². The fourth-order valence-electron chi connectivity index (χ4n) is 1.97. The third kappa shape index (κ3) is 3.00. The van der Waals surface area contributed by atoms with Gasteiger partial charge >= 0.3 is 0 Å². The Balaban J connectivity index is 1.80. The first kappa shape index (κ1) is 13.5. The second-order valence-electron chi connectivity index (χ2n) is 4.43. The molecule has 106 valence electrons. The van der Waals surface area contributed by atoms with Gasteiger partial charge in [0.15, 0.2) is 0 Å². The second-order valence-corrected chi connectivity index (χ2v) is 5.31. The standard InChI is InChI=1S/C15H14N4OS/c1-2-16-14-5-3-4-12(19-14)15(20)18-10-6-7-11-13(8-10)21-9-17-11/h3-9H,2H2,1H3,(H,16,19)(H,18,20). The molecule has 1 amide bonds. The number of carbonyl (C=O) groups excluding carboxylic acids is 1. The quantitative estimate of drug-likeness (QED) is 0.775. The van der Waals surface area contributed by atoms with E-state index in [9.17, 15) is 4.79 Å². The SMILES string of the molecule is CCNc1cccc(C(=O)Nc2ccc3ncsc3c2)n1. The van der Waals surface area contributed by atoms with E-state index < -0.39 is 0 Å². The van der Waals surface area contributed by atoms with Gasteiger partial charge in [-0.15, -0.1) is 11.3 Å². The highest BCUT2D eigenvalue weighted by molar-refractivity contribution is 7.16. The summed E-state index contributed by atoms with van der Waals surface area (Å²) < 4.78 is 1.04. The molecular weight excluding hydrogens is 284 g/mol. The number of pyridine rings is 1. The molecule has 1 aromatic carbocycles. The van der Waals surface area contributed by atoms with Crippen LogP contribution in [0.2, 0.25) is 0 Å². The number of nitrogens with zero attached hydrogens (tertiary/aromatic N) is 2. The smallest absolute Gasteiger partial charge is 0.274 e. The summed E-state index contributed by atoms with van der Waals surface area (Å²) in [5.74, 6) is 0.474. The summed E-state index contributed by atoms with van der Waals surface area (Å²) in [5.41, 5.74) is 3.85. The molecule has 0 unspecified atom stereocenters. The fourth-order valence-corrected chi connectivity index (χ4v) is 2.69. The number of aromatic nitrogens is 2. The number of thiazole rings is 1. The summed E-state index contributed by atoms with van der Waals surface area (Å²) >= 11 is 1.55. The lowest BCUT2D eigenvalue weighted by Crippen LogP contribution is -2.14. The van der Waals surface area contributed by atoms with Crippen molar-refractivity contribution in [3.63, 3.8) is 0 Å². The minimum atomic E-state index is -0.224. The van der Waals surface area contributed by atoms with Gasteiger partial charge in [0.2, 0.25) is 0 Å². The molecule has 0 atom stereocenters. The Morgan fingerprint density at radius 2 is 2.19 bits per heavy atom. The maximum atomic E-state index is 12.2. The number of nitrogens with one attached hydrogen (secondary N) is 2. The Kier molecular flexibility index (Phi) is 3.79. The van der Waals surface area contributed by atoms with Crippen LogP contribution in [0.1, 0.15) is 17.4 Å². The van der Waals surface area contributed by atoms with Crippen LogP contribution in [-0.2, 0) is 0 Å². The van der Waals surface area contributed by atoms with E-state index in [-0.39, 0.29) is 5.91 Å². The Morgan fingerprint density at radius 1 is 1.29 bits per heavy atom. The zero-order chi connectivity index (χ0) is 14.7. The van der Waals surface area contributed by atoms with Crippen LogP contribution in [0.25, 0.3) is 10.2 Å². The molecule has 3 aromatic rings. The van der Waals surface area contributed by atoms with E-state index in [4.69, 9.17) is 0 Å². The number of anilines is 2. The number of hydrogen-bond donors (Lipinski definition) is 2. The van der Waals surface area contributed by atoms with Gasteiger partial charge in [0, 0.05) is 12.2 Å². The van der Waals surface area contributed by atoms with Crippen molar-refractivity contribution < 1.29 is 4.79 Å². The third-order valence-electron chi connectivity index (χ3n) is 2.93. The van der Waals surface area contributed by atoms with Crippen molar-refractivity contribution in [2.45, 2.75) is 6.92 Å². The predicted molar refractivity (Wildman–Crippen MR) is 86.0 cm³/mol. The maximum Gasteiger partial charge on any atom is 0.274 e. The van der Waals surface area contributed by atoms with Crippen molar-refractivity contribution in [2.24, 2.45) is 0 Å². The molecule has 5 nitrogen and oxygen atoms in total. The largest absolute Gasteiger partial charge is 0.370 e. The number of carbonyl (C=O) groups is 1. The molecule has 0 fully saturated rings. The number of rotatable bonds is 4. The predicted octanol–water partition coefficient (Wildman–Crippen LogP) is 3.38. The highest BCUT2D eigenvalue weighted by Gasteiger charge is 2.09. The van der Waals surface area contributed by atoms with Crippen molar-refractivity contribution >= 4 is 39.0 Å². The van der Waals surface area contributed by atoms with Crippen LogP contribution in [0.15, 0.2) is 41.9 Å². The lowest BCUT2D eigenvalue weighted by Gasteiger charge is -2.07. The highest BCUT2D eigenvalue weighted by Crippen LogP contribution is 2.22. The van der Waals surface area contributed by atoms with Crippen LogP contribution in [0.5, 0.6) is 0 Å². The number of benzene rings is 1. The Bertz CT molecular complexity index is 784. The van der Waals surface area contributed by atoms with E-state index in [1.54, 1.807) is 22.9 Å². The molecule has 2 aromatic heterocycles. The van der Waals surface area contributed by atoms with Crippen LogP contribution < -0.4 is 10.6 Å². The first-order valence-corrected chi connectivity index (χ1v) is 7.50. The zero-order valence-electron chi connectivity index (χ0n) is 11.5. The summed E-state index contributed by atoms with van der Waals surface area (Å²) in [6, 6.07) is 11.0. The third-order valence-corrected chi connectivity index (χ3v) is 3.72. The monoisotopic (exact) mass is 298 g/mol. The van der Waals surface area contributed by atoms with Gasteiger partial charge < -0.3 is 10.6 Å². The van der Waals surface area contributed by atoms with Gasteiger partial charge in [0.05, 0.1) is 15.7 Å². The zero-order valence-corrected chi connectivity index (χ0v) is 12.3. The normalized spacial score (nSPS) is 10.5. The molecule has 6 heteroatoms. The minimum absolute atomic E-state index is 0.224. The van der Waals surface area contributed by atoms with Crippen LogP contribution in [-0.4, -0.2) is 22.4 Å². The highest BCUT2D eigenvalue weighted by atomic mass is 32.1. The van der Waals surface area contributed by atoms with Crippen molar-refractivity contribution in [1.82, 2.24) is 9.97 Å². The molecule has 0 aliphatic carbocycles. The summed E-state index contributed by atoms with van der Waals surface area (Å²) in [6.45, 7) is 2.75. The summed E-state index contributed by atoms with van der Waals surface area (Å²) in [4.78, 5) is 20.7. The molecule has 0 spiro atoms. The topological polar surface area (TPSA) is 66.9 Å². The van der Waals surface area contributed by atoms with Gasteiger partial charge in [0.1, 0.15) is 11.5 Å². The molecule has 0 aliphatic heterocycles. The van der Waals surface area contributed by atoms with Crippen LogP contribution >= 0.6 is 11.3 Å². The number of amides is 1. The molecule has 3 rings (SSSR count). The molecule has 2 heterocycles. The van der Waals surface area contributed by atoms with Crippen LogP contribution in [0.3, 0.4) is 0 Å². The van der Waals surface area contributed by atoms with E-state index in [0.717, 1.165) is 22.4 Å². The van der Waals surface area contributed by atoms with E-state index in [0.29, 0.717) is 11.5 Å². The molecular formula is C15H14N4OS.